The maximum Gasteiger partial charge on any atom is 0.210 e. The highest BCUT2D eigenvalue weighted by Crippen LogP contribution is 2.26. The summed E-state index contributed by atoms with van der Waals surface area (Å²) in [4.78, 5) is 17.0. The Morgan fingerprint density at radius 1 is 1.20 bits per heavy atom. The van der Waals surface area contributed by atoms with E-state index in [0.717, 1.165) is 41.8 Å². The van der Waals surface area contributed by atoms with Gasteiger partial charge in [0.1, 0.15) is 11.5 Å². The number of rotatable bonds is 6. The van der Waals surface area contributed by atoms with Gasteiger partial charge >= 0.3 is 0 Å². The smallest absolute Gasteiger partial charge is 0.210 e. The van der Waals surface area contributed by atoms with Gasteiger partial charge in [-0.15, -0.1) is 0 Å². The Hall–Kier alpha value is -2.95. The molecule has 1 aromatic heterocycles. The monoisotopic (exact) mass is 335 g/mol. The Labute approximate surface area is 146 Å². The molecule has 0 atom stereocenters. The van der Waals surface area contributed by atoms with Crippen LogP contribution in [0.2, 0.25) is 0 Å². The fraction of sp³-hybridized carbons (Fsp3) is 0.250. The van der Waals surface area contributed by atoms with E-state index in [1.807, 2.05) is 36.4 Å². The van der Waals surface area contributed by atoms with Crippen LogP contribution in [0.1, 0.15) is 37.0 Å². The van der Waals surface area contributed by atoms with Crippen LogP contribution in [0.25, 0.3) is 22.4 Å². The van der Waals surface area contributed by atoms with E-state index in [1.54, 1.807) is 12.1 Å². The van der Waals surface area contributed by atoms with Crippen molar-refractivity contribution in [2.24, 2.45) is 5.16 Å². The molecule has 0 amide bonds. The number of ketones is 1. The van der Waals surface area contributed by atoms with Crippen molar-refractivity contribution in [2.45, 2.75) is 33.2 Å². The largest absolute Gasteiger partial charge is 0.411 e. The molecule has 0 aliphatic heterocycles. The first-order chi connectivity index (χ1) is 12.2. The van der Waals surface area contributed by atoms with Gasteiger partial charge in [-0.1, -0.05) is 48.8 Å². The van der Waals surface area contributed by atoms with Gasteiger partial charge in [-0.2, -0.15) is 0 Å². The van der Waals surface area contributed by atoms with Crippen molar-refractivity contribution >= 4 is 22.5 Å². The number of aryl methyl sites for hydroxylation is 1. The van der Waals surface area contributed by atoms with Gasteiger partial charge in [0, 0.05) is 17.7 Å². The molecule has 128 valence electrons. The summed E-state index contributed by atoms with van der Waals surface area (Å²) in [5.41, 5.74) is 3.36. The Kier molecular flexibility index (Phi) is 4.93. The minimum absolute atomic E-state index is 0.0630. The molecule has 0 radical (unpaired) electrons. The summed E-state index contributed by atoms with van der Waals surface area (Å²) >= 11 is 0. The number of oxime groups is 1. The number of carbonyl (C=O) groups excluding carboxylic acids is 1. The predicted molar refractivity (Wildman–Crippen MR) is 99.3 cm³/mol. The molecule has 0 aliphatic rings. The Bertz CT molecular complexity index is 927. The molecule has 1 N–H and O–H groups in total. The second-order valence-electron chi connectivity index (χ2n) is 6.02. The third-order valence-electron chi connectivity index (χ3n) is 4.26. The number of nitrogens with zero attached hydrogens (tertiary/aromatic N) is 3. The fourth-order valence-corrected chi connectivity index (χ4v) is 2.88. The molecule has 0 saturated carbocycles. The standard InChI is InChI=1S/C20H21N3O2/c1-3-4-12-23-18-11-10-16(19(24)14(2)22-25)13-17(18)21-20(23)15-8-6-5-7-9-15/h5-11,13,25H,3-4,12H2,1-2H3. The molecule has 3 aromatic rings. The number of unbranched alkanes of at least 4 members (excludes halogenated alkanes) is 1. The number of hydrogen-bond donors (Lipinski definition) is 1. The van der Waals surface area contributed by atoms with Gasteiger partial charge < -0.3 is 9.77 Å². The van der Waals surface area contributed by atoms with Gasteiger partial charge in [0.15, 0.2) is 0 Å². The third kappa shape index (κ3) is 3.31. The summed E-state index contributed by atoms with van der Waals surface area (Å²) in [6, 6.07) is 15.5. The lowest BCUT2D eigenvalue weighted by Gasteiger charge is -2.08. The van der Waals surface area contributed by atoms with Crippen LogP contribution in [-0.4, -0.2) is 26.3 Å². The van der Waals surface area contributed by atoms with E-state index in [2.05, 4.69) is 16.6 Å². The highest BCUT2D eigenvalue weighted by atomic mass is 16.4. The summed E-state index contributed by atoms with van der Waals surface area (Å²) in [6.07, 6.45) is 2.15. The maximum atomic E-state index is 12.2. The predicted octanol–water partition coefficient (Wildman–Crippen LogP) is 4.54. The van der Waals surface area contributed by atoms with Crippen LogP contribution in [-0.2, 0) is 6.54 Å². The van der Waals surface area contributed by atoms with Crippen molar-refractivity contribution in [2.75, 3.05) is 0 Å². The molecular weight excluding hydrogens is 314 g/mol. The number of aromatic nitrogens is 2. The minimum atomic E-state index is -0.297. The summed E-state index contributed by atoms with van der Waals surface area (Å²) in [5, 5.41) is 11.8. The number of Topliss-reactive ketones (excluding diaryl/α,β-unsaturated/α-hetero) is 1. The van der Waals surface area contributed by atoms with Gasteiger partial charge in [-0.3, -0.25) is 4.79 Å². The van der Waals surface area contributed by atoms with Gasteiger partial charge in [0.25, 0.3) is 0 Å². The molecule has 0 spiro atoms. The van der Waals surface area contributed by atoms with Crippen molar-refractivity contribution in [3.8, 4) is 11.4 Å². The average molecular weight is 335 g/mol. The summed E-state index contributed by atoms with van der Waals surface area (Å²) < 4.78 is 2.20. The van der Waals surface area contributed by atoms with Crippen molar-refractivity contribution in [1.82, 2.24) is 9.55 Å². The molecule has 0 bridgehead atoms. The number of hydrogen-bond acceptors (Lipinski definition) is 4. The van der Waals surface area contributed by atoms with Crippen LogP contribution in [0.3, 0.4) is 0 Å². The van der Waals surface area contributed by atoms with Crippen LogP contribution in [0.15, 0.2) is 53.7 Å². The van der Waals surface area contributed by atoms with E-state index in [0.29, 0.717) is 5.56 Å². The van der Waals surface area contributed by atoms with Crippen LogP contribution >= 0.6 is 0 Å². The molecule has 2 aromatic carbocycles. The Balaban J connectivity index is 2.14. The van der Waals surface area contributed by atoms with E-state index in [1.165, 1.54) is 6.92 Å². The lowest BCUT2D eigenvalue weighted by atomic mass is 10.1. The normalized spacial score (nSPS) is 11.8. The highest BCUT2D eigenvalue weighted by Gasteiger charge is 2.16. The number of fused-ring (bicyclic) bond motifs is 1. The van der Waals surface area contributed by atoms with E-state index < -0.39 is 0 Å². The summed E-state index contributed by atoms with van der Waals surface area (Å²) in [7, 11) is 0. The average Bonchev–Trinajstić information content (AvgIpc) is 3.03. The van der Waals surface area contributed by atoms with Crippen LogP contribution < -0.4 is 0 Å². The molecule has 3 rings (SSSR count). The van der Waals surface area contributed by atoms with Crippen molar-refractivity contribution in [3.63, 3.8) is 0 Å². The van der Waals surface area contributed by atoms with Crippen molar-refractivity contribution in [3.05, 3.63) is 54.1 Å². The first-order valence-electron chi connectivity index (χ1n) is 8.44. The van der Waals surface area contributed by atoms with Crippen LogP contribution in [0, 0.1) is 0 Å². The zero-order valence-electron chi connectivity index (χ0n) is 14.4. The van der Waals surface area contributed by atoms with Gasteiger partial charge in [-0.05, 0) is 31.5 Å². The zero-order valence-corrected chi connectivity index (χ0v) is 14.4. The minimum Gasteiger partial charge on any atom is -0.411 e. The van der Waals surface area contributed by atoms with E-state index in [-0.39, 0.29) is 11.5 Å². The number of imidazole rings is 1. The van der Waals surface area contributed by atoms with Gasteiger partial charge in [-0.25, -0.2) is 4.98 Å². The number of benzene rings is 2. The molecule has 0 aliphatic carbocycles. The first kappa shape index (κ1) is 16.9. The molecule has 0 unspecified atom stereocenters. The topological polar surface area (TPSA) is 67.5 Å². The van der Waals surface area contributed by atoms with Crippen LogP contribution in [0.4, 0.5) is 0 Å². The Morgan fingerprint density at radius 3 is 2.64 bits per heavy atom. The van der Waals surface area contributed by atoms with E-state index in [9.17, 15) is 4.79 Å². The van der Waals surface area contributed by atoms with Gasteiger partial charge in [0.05, 0.1) is 11.0 Å². The molecule has 0 saturated heterocycles. The molecule has 1 heterocycles. The molecular formula is C20H21N3O2. The third-order valence-corrected chi connectivity index (χ3v) is 4.26. The molecule has 0 fully saturated rings. The molecule has 5 nitrogen and oxygen atoms in total. The van der Waals surface area contributed by atoms with E-state index >= 15 is 0 Å². The lowest BCUT2D eigenvalue weighted by Crippen LogP contribution is -2.10. The van der Waals surface area contributed by atoms with Crippen molar-refractivity contribution in [1.29, 1.82) is 0 Å². The highest BCUT2D eigenvalue weighted by molar-refractivity contribution is 6.45. The zero-order chi connectivity index (χ0) is 17.8. The quantitative estimate of drug-likeness (QED) is 0.311. The van der Waals surface area contributed by atoms with Crippen molar-refractivity contribution < 1.29 is 10.0 Å². The van der Waals surface area contributed by atoms with Crippen LogP contribution in [0.5, 0.6) is 0 Å². The molecule has 25 heavy (non-hydrogen) atoms. The summed E-state index contributed by atoms with van der Waals surface area (Å²) in [6.45, 7) is 4.53. The maximum absolute atomic E-state index is 12.2. The van der Waals surface area contributed by atoms with E-state index in [4.69, 9.17) is 10.2 Å². The van der Waals surface area contributed by atoms with Gasteiger partial charge in [0.2, 0.25) is 5.78 Å². The number of carbonyl (C=O) groups is 1. The Morgan fingerprint density at radius 2 is 1.96 bits per heavy atom. The SMILES string of the molecule is CCCCn1c(-c2ccccc2)nc2cc(C(=O)C(C)=NO)ccc21. The second kappa shape index (κ2) is 7.30. The molecule has 5 heteroatoms. The second-order valence-corrected chi connectivity index (χ2v) is 6.02. The first-order valence-corrected chi connectivity index (χ1v) is 8.44. The fourth-order valence-electron chi connectivity index (χ4n) is 2.88. The lowest BCUT2D eigenvalue weighted by molar-refractivity contribution is 0.106. The summed E-state index contributed by atoms with van der Waals surface area (Å²) in [5.74, 6) is 0.606.